The Bertz CT molecular complexity index is 458. The molecule has 1 aliphatic carbocycles. The Kier molecular flexibility index (Phi) is 3.18. The molecule has 0 aromatic carbocycles. The number of rotatable bonds is 4. The average molecular weight is 262 g/mol. The van der Waals surface area contributed by atoms with Crippen molar-refractivity contribution in [3.8, 4) is 0 Å². The lowest BCUT2D eigenvalue weighted by Crippen LogP contribution is -2.27. The van der Waals surface area contributed by atoms with Gasteiger partial charge in [0, 0.05) is 37.1 Å². The fraction of sp³-hybridized carbons (Fsp3) is 0.538. The molecule has 0 spiro atoms. The van der Waals surface area contributed by atoms with Crippen molar-refractivity contribution in [2.75, 3.05) is 18.4 Å². The van der Waals surface area contributed by atoms with E-state index in [0.29, 0.717) is 16.7 Å². The van der Waals surface area contributed by atoms with E-state index in [-0.39, 0.29) is 0 Å². The lowest BCUT2D eigenvalue weighted by molar-refractivity contribution is 0.326. The zero-order valence-corrected chi connectivity index (χ0v) is 11.1. The van der Waals surface area contributed by atoms with Crippen LogP contribution < -0.4 is 11.1 Å². The highest BCUT2D eigenvalue weighted by atomic mass is 32.1. The van der Waals surface area contributed by atoms with Gasteiger partial charge in [0.05, 0.1) is 5.69 Å². The van der Waals surface area contributed by atoms with E-state index < -0.39 is 0 Å². The van der Waals surface area contributed by atoms with Crippen LogP contribution in [-0.4, -0.2) is 40.0 Å². The Morgan fingerprint density at radius 3 is 3.00 bits per heavy atom. The van der Waals surface area contributed by atoms with Crippen LogP contribution in [0.5, 0.6) is 0 Å². The van der Waals surface area contributed by atoms with Crippen LogP contribution in [0.25, 0.3) is 0 Å². The zero-order chi connectivity index (χ0) is 12.5. The van der Waals surface area contributed by atoms with Crippen LogP contribution in [0.1, 0.15) is 25.0 Å². The van der Waals surface area contributed by atoms with E-state index in [0.717, 1.165) is 18.3 Å². The minimum atomic E-state index is 0.352. The Morgan fingerprint density at radius 2 is 2.28 bits per heavy atom. The minimum Gasteiger partial charge on any atom is -0.388 e. The largest absolute Gasteiger partial charge is 0.388 e. The van der Waals surface area contributed by atoms with Gasteiger partial charge in [-0.25, -0.2) is 0 Å². The van der Waals surface area contributed by atoms with Crippen molar-refractivity contribution in [1.82, 2.24) is 9.88 Å². The fourth-order valence-electron chi connectivity index (χ4n) is 2.57. The fourth-order valence-corrected chi connectivity index (χ4v) is 2.68. The van der Waals surface area contributed by atoms with Gasteiger partial charge in [-0.05, 0) is 31.4 Å². The molecule has 1 saturated heterocycles. The molecule has 2 heterocycles. The first-order valence-corrected chi connectivity index (χ1v) is 6.89. The number of nitrogens with one attached hydrogen (secondary N) is 1. The highest BCUT2D eigenvalue weighted by Crippen LogP contribution is 2.30. The Balaban J connectivity index is 1.62. The molecule has 1 atom stereocenters. The first-order valence-electron chi connectivity index (χ1n) is 6.49. The summed E-state index contributed by atoms with van der Waals surface area (Å²) >= 11 is 4.94. The van der Waals surface area contributed by atoms with Crippen LogP contribution in [0.15, 0.2) is 18.3 Å². The van der Waals surface area contributed by atoms with Crippen molar-refractivity contribution in [2.45, 2.75) is 31.3 Å². The molecule has 0 bridgehead atoms. The second-order valence-electron chi connectivity index (χ2n) is 5.15. The topological polar surface area (TPSA) is 54.2 Å². The van der Waals surface area contributed by atoms with E-state index in [9.17, 15) is 0 Å². The van der Waals surface area contributed by atoms with E-state index >= 15 is 0 Å². The average Bonchev–Trinajstić information content (AvgIpc) is 3.11. The summed E-state index contributed by atoms with van der Waals surface area (Å²) < 4.78 is 0. The highest BCUT2D eigenvalue weighted by molar-refractivity contribution is 7.80. The van der Waals surface area contributed by atoms with E-state index in [1.54, 1.807) is 6.20 Å². The number of hydrogen-bond donors (Lipinski definition) is 2. The number of nitrogens with two attached hydrogens (primary N) is 1. The van der Waals surface area contributed by atoms with Gasteiger partial charge >= 0.3 is 0 Å². The number of anilines is 1. The van der Waals surface area contributed by atoms with Crippen LogP contribution in [-0.2, 0) is 0 Å². The maximum atomic E-state index is 5.59. The molecule has 0 amide bonds. The minimum absolute atomic E-state index is 0.352. The van der Waals surface area contributed by atoms with Gasteiger partial charge in [-0.3, -0.25) is 9.88 Å². The molecule has 5 heteroatoms. The first-order chi connectivity index (χ1) is 8.72. The van der Waals surface area contributed by atoms with Crippen molar-refractivity contribution in [3.05, 3.63) is 24.0 Å². The van der Waals surface area contributed by atoms with Gasteiger partial charge in [0.2, 0.25) is 0 Å². The number of likely N-dealkylation sites (tertiary alicyclic amines) is 1. The van der Waals surface area contributed by atoms with Gasteiger partial charge in [-0.2, -0.15) is 0 Å². The van der Waals surface area contributed by atoms with E-state index in [1.807, 2.05) is 12.1 Å². The summed E-state index contributed by atoms with van der Waals surface area (Å²) in [5.41, 5.74) is 7.35. The van der Waals surface area contributed by atoms with Crippen molar-refractivity contribution in [3.63, 3.8) is 0 Å². The van der Waals surface area contributed by atoms with E-state index in [1.165, 1.54) is 25.8 Å². The van der Waals surface area contributed by atoms with Gasteiger partial charge in [0.1, 0.15) is 4.99 Å². The predicted octanol–water partition coefficient (Wildman–Crippen LogP) is 1.36. The summed E-state index contributed by atoms with van der Waals surface area (Å²) in [6.45, 7) is 2.37. The van der Waals surface area contributed by atoms with Crippen molar-refractivity contribution in [1.29, 1.82) is 0 Å². The molecular weight excluding hydrogens is 244 g/mol. The summed E-state index contributed by atoms with van der Waals surface area (Å²) in [4.78, 5) is 7.09. The molecule has 3 rings (SSSR count). The SMILES string of the molecule is NC(=S)c1cc(NC2CCN(C3CC3)C2)ccn1. The smallest absolute Gasteiger partial charge is 0.122 e. The molecule has 1 aromatic rings. The van der Waals surface area contributed by atoms with Crippen LogP contribution in [0, 0.1) is 0 Å². The Labute approximate surface area is 113 Å². The second kappa shape index (κ2) is 4.82. The lowest BCUT2D eigenvalue weighted by Gasteiger charge is -2.16. The monoisotopic (exact) mass is 262 g/mol. The third-order valence-electron chi connectivity index (χ3n) is 3.67. The van der Waals surface area contributed by atoms with Crippen molar-refractivity contribution in [2.24, 2.45) is 5.73 Å². The maximum absolute atomic E-state index is 5.59. The molecule has 2 fully saturated rings. The summed E-state index contributed by atoms with van der Waals surface area (Å²) in [5.74, 6) is 0. The predicted molar refractivity (Wildman–Crippen MR) is 76.7 cm³/mol. The standard InChI is InChI=1S/C13H18N4S/c14-13(18)12-7-9(3-5-15-12)16-10-4-6-17(8-10)11-1-2-11/h3,5,7,10-11H,1-2,4,6,8H2,(H2,14,18)(H,15,16). The third kappa shape index (κ3) is 2.62. The normalized spacial score (nSPS) is 24.1. The summed E-state index contributed by atoms with van der Waals surface area (Å²) in [5, 5.41) is 3.55. The molecule has 2 aliphatic rings. The summed E-state index contributed by atoms with van der Waals surface area (Å²) in [6, 6.07) is 5.30. The number of hydrogen-bond acceptors (Lipinski definition) is 4. The molecule has 18 heavy (non-hydrogen) atoms. The molecule has 1 unspecified atom stereocenters. The third-order valence-corrected chi connectivity index (χ3v) is 3.88. The van der Waals surface area contributed by atoms with E-state index in [4.69, 9.17) is 18.0 Å². The second-order valence-corrected chi connectivity index (χ2v) is 5.59. The van der Waals surface area contributed by atoms with Gasteiger partial charge in [-0.1, -0.05) is 12.2 Å². The lowest BCUT2D eigenvalue weighted by atomic mass is 10.2. The molecule has 1 saturated carbocycles. The molecule has 1 aliphatic heterocycles. The van der Waals surface area contributed by atoms with Crippen LogP contribution in [0.2, 0.25) is 0 Å². The van der Waals surface area contributed by atoms with Crippen molar-refractivity contribution >= 4 is 22.9 Å². The highest BCUT2D eigenvalue weighted by Gasteiger charge is 2.34. The summed E-state index contributed by atoms with van der Waals surface area (Å²) in [6.07, 6.45) is 5.73. The van der Waals surface area contributed by atoms with E-state index in [2.05, 4.69) is 15.2 Å². The molecule has 0 radical (unpaired) electrons. The first kappa shape index (κ1) is 11.9. The molecular formula is C13H18N4S. The number of pyridine rings is 1. The number of aromatic nitrogens is 1. The number of thiocarbonyl (C=S) groups is 1. The molecule has 4 nitrogen and oxygen atoms in total. The van der Waals surface area contributed by atoms with Crippen molar-refractivity contribution < 1.29 is 0 Å². The maximum Gasteiger partial charge on any atom is 0.122 e. The van der Waals surface area contributed by atoms with Gasteiger partial charge < -0.3 is 11.1 Å². The van der Waals surface area contributed by atoms with Crippen LogP contribution >= 0.6 is 12.2 Å². The Hall–Kier alpha value is -1.20. The van der Waals surface area contributed by atoms with Gasteiger partial charge in [-0.15, -0.1) is 0 Å². The zero-order valence-electron chi connectivity index (χ0n) is 10.3. The van der Waals surface area contributed by atoms with Crippen LogP contribution in [0.3, 0.4) is 0 Å². The van der Waals surface area contributed by atoms with Gasteiger partial charge in [0.15, 0.2) is 0 Å². The number of nitrogens with zero attached hydrogens (tertiary/aromatic N) is 2. The quantitative estimate of drug-likeness (QED) is 0.803. The molecule has 1 aromatic heterocycles. The Morgan fingerprint density at radius 1 is 1.44 bits per heavy atom. The van der Waals surface area contributed by atoms with Gasteiger partial charge in [0.25, 0.3) is 0 Å². The molecule has 3 N–H and O–H groups in total. The van der Waals surface area contributed by atoms with Crippen LogP contribution in [0.4, 0.5) is 5.69 Å². The summed E-state index contributed by atoms with van der Waals surface area (Å²) in [7, 11) is 0. The molecule has 96 valence electrons.